The van der Waals surface area contributed by atoms with Gasteiger partial charge in [-0.2, -0.15) is 4.98 Å². The van der Waals surface area contributed by atoms with Crippen molar-refractivity contribution < 1.29 is 18.6 Å². The first-order valence-electron chi connectivity index (χ1n) is 10.00. The maximum Gasteiger partial charge on any atom is 0.259 e. The first-order chi connectivity index (χ1) is 14.5. The Kier molecular flexibility index (Phi) is 5.63. The molecule has 1 aliphatic rings. The van der Waals surface area contributed by atoms with Crippen LogP contribution in [0.2, 0.25) is 0 Å². The molecule has 0 aliphatic carbocycles. The minimum Gasteiger partial charge on any atom is -0.385 e. The van der Waals surface area contributed by atoms with Gasteiger partial charge in [0, 0.05) is 50.2 Å². The number of nitrogens with zero attached hydrogens (tertiary/aromatic N) is 5. The van der Waals surface area contributed by atoms with Gasteiger partial charge >= 0.3 is 0 Å². The summed E-state index contributed by atoms with van der Waals surface area (Å²) in [5.74, 6) is 1.64. The minimum absolute atomic E-state index is 0.0443. The number of aromatic nitrogens is 4. The van der Waals surface area contributed by atoms with Gasteiger partial charge < -0.3 is 18.7 Å². The van der Waals surface area contributed by atoms with Gasteiger partial charge in [0.15, 0.2) is 5.82 Å². The molecule has 1 amide bonds. The number of hydrogen-bond donors (Lipinski definition) is 0. The predicted octanol–water partition coefficient (Wildman–Crippen LogP) is 2.95. The highest BCUT2D eigenvalue weighted by atomic mass is 16.5. The van der Waals surface area contributed by atoms with E-state index in [-0.39, 0.29) is 11.3 Å². The number of piperidine rings is 1. The van der Waals surface area contributed by atoms with Crippen LogP contribution in [0.3, 0.4) is 0 Å². The number of hydrogen-bond acceptors (Lipinski definition) is 8. The Labute approximate surface area is 174 Å². The molecular weight excluding hydrogens is 386 g/mol. The molecule has 158 valence electrons. The summed E-state index contributed by atoms with van der Waals surface area (Å²) in [6.45, 7) is 5.31. The topological polar surface area (TPSA) is 107 Å². The highest BCUT2D eigenvalue weighted by Crippen LogP contribution is 2.38. The van der Waals surface area contributed by atoms with Crippen LogP contribution in [0.1, 0.15) is 46.9 Å². The van der Waals surface area contributed by atoms with Gasteiger partial charge in [0.1, 0.15) is 11.3 Å². The number of rotatable bonds is 6. The van der Waals surface area contributed by atoms with E-state index in [0.717, 1.165) is 24.8 Å². The number of aryl methyl sites for hydroxylation is 2. The summed E-state index contributed by atoms with van der Waals surface area (Å²) < 4.78 is 16.1. The second-order valence-corrected chi connectivity index (χ2v) is 7.67. The molecule has 0 saturated carbocycles. The summed E-state index contributed by atoms with van der Waals surface area (Å²) in [5.41, 5.74) is 1.70. The van der Waals surface area contributed by atoms with E-state index < -0.39 is 0 Å². The zero-order valence-electron chi connectivity index (χ0n) is 17.4. The molecule has 0 bridgehead atoms. The number of pyridine rings is 1. The maximum absolute atomic E-state index is 13.0. The van der Waals surface area contributed by atoms with Gasteiger partial charge in [0.2, 0.25) is 0 Å². The van der Waals surface area contributed by atoms with Crippen LogP contribution in [0.5, 0.6) is 0 Å². The standard InChI is InChI=1S/C21H25N5O4/c1-14-17(15(2)29-24-14)19(27)26-11-6-21(7-12-26,8-13-28-3)20-23-18(30-25-20)16-4-9-22-10-5-16/h4-5,9-10H,6-8,11-13H2,1-3H3. The second kappa shape index (κ2) is 8.35. The van der Waals surface area contributed by atoms with Gasteiger partial charge in [0.05, 0.1) is 5.69 Å². The fourth-order valence-electron chi connectivity index (χ4n) is 4.02. The molecule has 0 aromatic carbocycles. The van der Waals surface area contributed by atoms with Crippen molar-refractivity contribution in [2.45, 2.75) is 38.5 Å². The van der Waals surface area contributed by atoms with Crippen molar-refractivity contribution in [2.24, 2.45) is 0 Å². The normalized spacial score (nSPS) is 16.0. The van der Waals surface area contributed by atoms with Crippen LogP contribution in [0.4, 0.5) is 0 Å². The highest BCUT2D eigenvalue weighted by molar-refractivity contribution is 5.96. The molecule has 3 aromatic rings. The van der Waals surface area contributed by atoms with Crippen molar-refractivity contribution in [3.8, 4) is 11.5 Å². The summed E-state index contributed by atoms with van der Waals surface area (Å²) >= 11 is 0. The fraction of sp³-hybridized carbons (Fsp3) is 0.476. The molecule has 9 heteroatoms. The third kappa shape index (κ3) is 3.72. The third-order valence-electron chi connectivity index (χ3n) is 5.87. The lowest BCUT2D eigenvalue weighted by molar-refractivity contribution is 0.0614. The summed E-state index contributed by atoms with van der Waals surface area (Å²) in [4.78, 5) is 23.6. The number of carbonyl (C=O) groups excluding carboxylic acids is 1. The van der Waals surface area contributed by atoms with Gasteiger partial charge in [-0.05, 0) is 45.2 Å². The number of ether oxygens (including phenoxy) is 1. The van der Waals surface area contributed by atoms with Crippen LogP contribution in [0.25, 0.3) is 11.5 Å². The quantitative estimate of drug-likeness (QED) is 0.609. The molecule has 4 rings (SSSR count). The summed E-state index contributed by atoms with van der Waals surface area (Å²) in [5, 5.41) is 8.20. The Hall–Kier alpha value is -3.07. The van der Waals surface area contributed by atoms with Gasteiger partial charge in [-0.15, -0.1) is 0 Å². The van der Waals surface area contributed by atoms with E-state index in [1.807, 2.05) is 17.0 Å². The Balaban J connectivity index is 1.55. The SMILES string of the molecule is COCCC1(c2noc(-c3ccncc3)n2)CCN(C(=O)c2c(C)noc2C)CC1. The van der Waals surface area contributed by atoms with Gasteiger partial charge in [-0.25, -0.2) is 0 Å². The largest absolute Gasteiger partial charge is 0.385 e. The fourth-order valence-corrected chi connectivity index (χ4v) is 4.02. The summed E-state index contributed by atoms with van der Waals surface area (Å²) in [6, 6.07) is 3.67. The molecule has 0 radical (unpaired) electrons. The van der Waals surface area contributed by atoms with Gasteiger partial charge in [0.25, 0.3) is 11.8 Å². The molecule has 9 nitrogen and oxygen atoms in total. The Bertz CT molecular complexity index is 986. The van der Waals surface area contributed by atoms with E-state index in [9.17, 15) is 4.79 Å². The van der Waals surface area contributed by atoms with Crippen molar-refractivity contribution in [2.75, 3.05) is 26.8 Å². The van der Waals surface area contributed by atoms with Crippen molar-refractivity contribution in [3.63, 3.8) is 0 Å². The average molecular weight is 411 g/mol. The molecule has 30 heavy (non-hydrogen) atoms. The molecule has 0 spiro atoms. The first-order valence-corrected chi connectivity index (χ1v) is 10.00. The molecule has 1 fully saturated rings. The van der Waals surface area contributed by atoms with E-state index >= 15 is 0 Å². The number of likely N-dealkylation sites (tertiary alicyclic amines) is 1. The third-order valence-corrected chi connectivity index (χ3v) is 5.87. The molecule has 1 aliphatic heterocycles. The molecule has 4 heterocycles. The van der Waals surface area contributed by atoms with E-state index in [0.29, 0.717) is 48.4 Å². The lowest BCUT2D eigenvalue weighted by Crippen LogP contribution is -2.46. The zero-order chi connectivity index (χ0) is 21.1. The van der Waals surface area contributed by atoms with Gasteiger partial charge in [-0.1, -0.05) is 10.3 Å². The maximum atomic E-state index is 13.0. The molecular formula is C21H25N5O4. The van der Waals surface area contributed by atoms with E-state index in [2.05, 4.69) is 20.3 Å². The van der Waals surface area contributed by atoms with Crippen LogP contribution in [-0.2, 0) is 10.2 Å². The predicted molar refractivity (Wildman–Crippen MR) is 107 cm³/mol. The number of carbonyl (C=O) groups is 1. The number of methoxy groups -OCH3 is 1. The molecule has 3 aromatic heterocycles. The lowest BCUT2D eigenvalue weighted by Gasteiger charge is -2.39. The second-order valence-electron chi connectivity index (χ2n) is 7.67. The summed E-state index contributed by atoms with van der Waals surface area (Å²) in [6.07, 6.45) is 5.59. The summed E-state index contributed by atoms with van der Waals surface area (Å²) in [7, 11) is 1.68. The van der Waals surface area contributed by atoms with E-state index in [1.54, 1.807) is 33.4 Å². The first kappa shape index (κ1) is 20.2. The Morgan fingerprint density at radius 1 is 1.17 bits per heavy atom. The highest BCUT2D eigenvalue weighted by Gasteiger charge is 2.41. The molecule has 0 unspecified atom stereocenters. The lowest BCUT2D eigenvalue weighted by atomic mass is 9.75. The van der Waals surface area contributed by atoms with Crippen LogP contribution >= 0.6 is 0 Å². The molecule has 0 N–H and O–H groups in total. The monoisotopic (exact) mass is 411 g/mol. The number of amides is 1. The van der Waals surface area contributed by atoms with Crippen molar-refractivity contribution in [3.05, 3.63) is 47.4 Å². The Morgan fingerprint density at radius 3 is 2.53 bits per heavy atom. The molecule has 1 saturated heterocycles. The average Bonchev–Trinajstić information content (AvgIpc) is 3.40. The zero-order valence-corrected chi connectivity index (χ0v) is 17.4. The van der Waals surface area contributed by atoms with Crippen LogP contribution < -0.4 is 0 Å². The van der Waals surface area contributed by atoms with Gasteiger partial charge in [-0.3, -0.25) is 9.78 Å². The van der Waals surface area contributed by atoms with E-state index in [4.69, 9.17) is 13.8 Å². The molecule has 0 atom stereocenters. The van der Waals surface area contributed by atoms with Crippen molar-refractivity contribution >= 4 is 5.91 Å². The van der Waals surface area contributed by atoms with Crippen molar-refractivity contribution in [1.82, 2.24) is 25.2 Å². The Morgan fingerprint density at radius 2 is 1.90 bits per heavy atom. The van der Waals surface area contributed by atoms with Crippen LogP contribution in [0, 0.1) is 13.8 Å². The van der Waals surface area contributed by atoms with Crippen LogP contribution in [0.15, 0.2) is 33.6 Å². The van der Waals surface area contributed by atoms with Crippen molar-refractivity contribution in [1.29, 1.82) is 0 Å². The van der Waals surface area contributed by atoms with Crippen LogP contribution in [-0.4, -0.2) is 57.9 Å². The van der Waals surface area contributed by atoms with E-state index in [1.165, 1.54) is 0 Å². The minimum atomic E-state index is -0.305. The smallest absolute Gasteiger partial charge is 0.259 e.